The van der Waals surface area contributed by atoms with Gasteiger partial charge in [-0.2, -0.15) is 0 Å². The second-order valence-electron chi connectivity index (χ2n) is 5.26. The number of unbranched alkanes of at least 4 members (excludes halogenated alkanes) is 1. The Kier molecular flexibility index (Phi) is 6.94. The first-order chi connectivity index (χ1) is 11.6. The average molecular weight is 348 g/mol. The third kappa shape index (κ3) is 5.17. The Hall–Kier alpha value is -2.20. The lowest BCUT2D eigenvalue weighted by Crippen LogP contribution is -2.12. The predicted molar refractivity (Wildman–Crippen MR) is 97.4 cm³/mol. The van der Waals surface area contributed by atoms with Crippen LogP contribution in [0.5, 0.6) is 11.5 Å². The largest absolute Gasteiger partial charge is 0.490 e. The van der Waals surface area contributed by atoms with Crippen molar-refractivity contribution in [2.24, 2.45) is 0 Å². The van der Waals surface area contributed by atoms with E-state index >= 15 is 0 Å². The highest BCUT2D eigenvalue weighted by Crippen LogP contribution is 2.29. The molecule has 0 spiro atoms. The number of carbonyl (C=O) groups is 1. The van der Waals surface area contributed by atoms with Gasteiger partial charge in [-0.05, 0) is 49.7 Å². The van der Waals surface area contributed by atoms with Crippen LogP contribution in [0.3, 0.4) is 0 Å². The number of amides is 1. The fraction of sp³-hybridized carbons (Fsp3) is 0.316. The zero-order chi connectivity index (χ0) is 17.4. The molecule has 0 aliphatic rings. The van der Waals surface area contributed by atoms with Gasteiger partial charge in [0.25, 0.3) is 5.91 Å². The summed E-state index contributed by atoms with van der Waals surface area (Å²) in [7, 11) is 0. The molecule has 0 aliphatic carbocycles. The fourth-order valence-corrected chi connectivity index (χ4v) is 2.32. The van der Waals surface area contributed by atoms with Crippen LogP contribution in [0.1, 0.15) is 37.0 Å². The molecule has 4 nitrogen and oxygen atoms in total. The lowest BCUT2D eigenvalue weighted by atomic mass is 10.1. The van der Waals surface area contributed by atoms with E-state index < -0.39 is 0 Å². The minimum Gasteiger partial charge on any atom is -0.490 e. The van der Waals surface area contributed by atoms with Crippen molar-refractivity contribution in [3.8, 4) is 11.5 Å². The predicted octanol–water partition coefficient (Wildman–Crippen LogP) is 5.17. The van der Waals surface area contributed by atoms with Gasteiger partial charge in [0.2, 0.25) is 0 Å². The number of nitrogens with one attached hydrogen (secondary N) is 1. The molecule has 24 heavy (non-hydrogen) atoms. The summed E-state index contributed by atoms with van der Waals surface area (Å²) in [6.45, 7) is 5.14. The van der Waals surface area contributed by atoms with E-state index in [1.807, 2.05) is 6.92 Å². The molecule has 1 N–H and O–H groups in total. The smallest absolute Gasteiger partial charge is 0.255 e. The van der Waals surface area contributed by atoms with Gasteiger partial charge in [0.1, 0.15) is 0 Å². The third-order valence-electron chi connectivity index (χ3n) is 3.34. The quantitative estimate of drug-likeness (QED) is 0.670. The molecule has 0 heterocycles. The molecular formula is C19H22ClNO3. The minimum atomic E-state index is -0.224. The molecule has 2 aromatic carbocycles. The molecule has 1 amide bonds. The molecule has 0 radical (unpaired) electrons. The van der Waals surface area contributed by atoms with Gasteiger partial charge in [0.15, 0.2) is 11.5 Å². The highest BCUT2D eigenvalue weighted by molar-refractivity contribution is 6.30. The Balaban J connectivity index is 2.14. The maximum Gasteiger partial charge on any atom is 0.255 e. The number of halogens is 1. The lowest BCUT2D eigenvalue weighted by Gasteiger charge is -2.13. The van der Waals surface area contributed by atoms with Crippen LogP contribution >= 0.6 is 11.6 Å². The van der Waals surface area contributed by atoms with Crippen molar-refractivity contribution in [2.45, 2.75) is 26.7 Å². The van der Waals surface area contributed by atoms with Crippen molar-refractivity contribution >= 4 is 23.2 Å². The highest BCUT2D eigenvalue weighted by atomic mass is 35.5. The maximum atomic E-state index is 12.4. The van der Waals surface area contributed by atoms with Gasteiger partial charge in [-0.15, -0.1) is 0 Å². The number of rotatable bonds is 8. The van der Waals surface area contributed by atoms with E-state index in [0.717, 1.165) is 12.8 Å². The van der Waals surface area contributed by atoms with Crippen LogP contribution in [0.25, 0.3) is 0 Å². The second kappa shape index (κ2) is 9.18. The summed E-state index contributed by atoms with van der Waals surface area (Å²) < 4.78 is 11.3. The van der Waals surface area contributed by atoms with Crippen LogP contribution in [0, 0.1) is 0 Å². The van der Waals surface area contributed by atoms with Gasteiger partial charge in [0, 0.05) is 16.3 Å². The molecule has 0 aromatic heterocycles. The Morgan fingerprint density at radius 1 is 1.08 bits per heavy atom. The molecule has 0 saturated heterocycles. The van der Waals surface area contributed by atoms with Crippen molar-refractivity contribution in [1.82, 2.24) is 0 Å². The van der Waals surface area contributed by atoms with Crippen molar-refractivity contribution in [3.05, 3.63) is 53.1 Å². The molecule has 0 bridgehead atoms. The van der Waals surface area contributed by atoms with Crippen LogP contribution in [0.4, 0.5) is 5.69 Å². The highest BCUT2D eigenvalue weighted by Gasteiger charge is 2.12. The minimum absolute atomic E-state index is 0.224. The molecule has 0 aliphatic heterocycles. The van der Waals surface area contributed by atoms with Crippen molar-refractivity contribution in [3.63, 3.8) is 0 Å². The molecular weight excluding hydrogens is 326 g/mol. The number of benzene rings is 2. The van der Waals surface area contributed by atoms with Crippen LogP contribution in [0.15, 0.2) is 42.5 Å². The van der Waals surface area contributed by atoms with E-state index in [0.29, 0.717) is 41.0 Å². The van der Waals surface area contributed by atoms with E-state index in [4.69, 9.17) is 21.1 Å². The molecule has 0 atom stereocenters. The second-order valence-corrected chi connectivity index (χ2v) is 5.70. The average Bonchev–Trinajstić information content (AvgIpc) is 2.56. The summed E-state index contributed by atoms with van der Waals surface area (Å²) >= 11 is 5.93. The Bertz CT molecular complexity index is 688. The Morgan fingerprint density at radius 3 is 2.62 bits per heavy atom. The molecule has 128 valence electrons. The third-order valence-corrected chi connectivity index (χ3v) is 3.58. The summed E-state index contributed by atoms with van der Waals surface area (Å²) in [5.74, 6) is 1.01. The summed E-state index contributed by atoms with van der Waals surface area (Å²) in [5, 5.41) is 3.39. The molecule has 2 aromatic rings. The van der Waals surface area contributed by atoms with Crippen molar-refractivity contribution in [1.29, 1.82) is 0 Å². The number of anilines is 1. The van der Waals surface area contributed by atoms with Gasteiger partial charge in [-0.3, -0.25) is 4.79 Å². The zero-order valence-electron chi connectivity index (χ0n) is 14.0. The van der Waals surface area contributed by atoms with Crippen molar-refractivity contribution in [2.75, 3.05) is 18.5 Å². The van der Waals surface area contributed by atoms with Crippen LogP contribution < -0.4 is 14.8 Å². The van der Waals surface area contributed by atoms with Gasteiger partial charge in [-0.1, -0.05) is 31.0 Å². The van der Waals surface area contributed by atoms with Gasteiger partial charge >= 0.3 is 0 Å². The van der Waals surface area contributed by atoms with Gasteiger partial charge < -0.3 is 14.8 Å². The molecule has 2 rings (SSSR count). The summed E-state index contributed by atoms with van der Waals surface area (Å²) in [5.41, 5.74) is 1.15. The first-order valence-electron chi connectivity index (χ1n) is 8.10. The molecule has 5 heteroatoms. The monoisotopic (exact) mass is 347 g/mol. The Labute approximate surface area is 147 Å². The maximum absolute atomic E-state index is 12.4. The first-order valence-corrected chi connectivity index (χ1v) is 8.48. The number of hydrogen-bond acceptors (Lipinski definition) is 3. The number of ether oxygens (including phenoxy) is 2. The first kappa shape index (κ1) is 18.1. The SMILES string of the molecule is CCCCOc1ccc(C(=O)Nc2cccc(Cl)c2)cc1OCC. The zero-order valence-corrected chi connectivity index (χ0v) is 14.7. The van der Waals surface area contributed by atoms with E-state index in [-0.39, 0.29) is 5.91 Å². The summed E-state index contributed by atoms with van der Waals surface area (Å²) in [4.78, 5) is 12.4. The van der Waals surface area contributed by atoms with Crippen LogP contribution in [-0.4, -0.2) is 19.1 Å². The van der Waals surface area contributed by atoms with E-state index in [9.17, 15) is 4.79 Å². The van der Waals surface area contributed by atoms with Gasteiger partial charge in [0.05, 0.1) is 13.2 Å². The van der Waals surface area contributed by atoms with Crippen LogP contribution in [0.2, 0.25) is 5.02 Å². The van der Waals surface area contributed by atoms with Crippen LogP contribution in [-0.2, 0) is 0 Å². The Morgan fingerprint density at radius 2 is 1.92 bits per heavy atom. The van der Waals surface area contributed by atoms with Crippen molar-refractivity contribution < 1.29 is 14.3 Å². The van der Waals surface area contributed by atoms with E-state index in [2.05, 4.69) is 12.2 Å². The number of carbonyl (C=O) groups excluding carboxylic acids is 1. The number of hydrogen-bond donors (Lipinski definition) is 1. The normalized spacial score (nSPS) is 10.3. The standard InChI is InChI=1S/C19H22ClNO3/c1-3-5-11-24-17-10-9-14(12-18(17)23-4-2)19(22)21-16-8-6-7-15(20)13-16/h6-10,12-13H,3-5,11H2,1-2H3,(H,21,22). The summed E-state index contributed by atoms with van der Waals surface area (Å²) in [6, 6.07) is 12.2. The lowest BCUT2D eigenvalue weighted by molar-refractivity contribution is 0.102. The topological polar surface area (TPSA) is 47.6 Å². The summed E-state index contributed by atoms with van der Waals surface area (Å²) in [6.07, 6.45) is 2.03. The van der Waals surface area contributed by atoms with E-state index in [1.165, 1.54) is 0 Å². The molecule has 0 saturated carbocycles. The fourth-order valence-electron chi connectivity index (χ4n) is 2.13. The molecule has 0 fully saturated rings. The molecule has 0 unspecified atom stereocenters. The van der Waals surface area contributed by atoms with E-state index in [1.54, 1.807) is 42.5 Å². The van der Waals surface area contributed by atoms with Gasteiger partial charge in [-0.25, -0.2) is 0 Å².